The Bertz CT molecular complexity index is 565. The molecule has 0 aliphatic rings. The summed E-state index contributed by atoms with van der Waals surface area (Å²) in [4.78, 5) is 2.02. The predicted molar refractivity (Wildman–Crippen MR) is 84.7 cm³/mol. The standard InChI is InChI=1S/C16H24N4O/c1-5-20(14-8-6-7-13(4)9-14)16-19-18-15(21-16)11-17-10-12(2)3/h6-9,12,17H,5,10-11H2,1-4H3. The first-order valence-electron chi connectivity index (χ1n) is 7.47. The molecule has 0 fully saturated rings. The molecule has 0 radical (unpaired) electrons. The highest BCUT2D eigenvalue weighted by atomic mass is 16.4. The second kappa shape index (κ2) is 7.22. The summed E-state index contributed by atoms with van der Waals surface area (Å²) in [6.45, 7) is 10.8. The maximum Gasteiger partial charge on any atom is 0.322 e. The van der Waals surface area contributed by atoms with Gasteiger partial charge < -0.3 is 9.73 Å². The first kappa shape index (κ1) is 15.5. The van der Waals surface area contributed by atoms with Crippen LogP contribution in [0.3, 0.4) is 0 Å². The number of nitrogens with one attached hydrogen (secondary N) is 1. The van der Waals surface area contributed by atoms with E-state index in [-0.39, 0.29) is 0 Å². The van der Waals surface area contributed by atoms with Crippen LogP contribution < -0.4 is 10.2 Å². The lowest BCUT2D eigenvalue weighted by molar-refractivity contribution is 0.453. The monoisotopic (exact) mass is 288 g/mol. The van der Waals surface area contributed by atoms with Crippen LogP contribution in [0.1, 0.15) is 32.2 Å². The fraction of sp³-hybridized carbons (Fsp3) is 0.500. The van der Waals surface area contributed by atoms with E-state index in [0.29, 0.717) is 24.4 Å². The Labute approximate surface area is 126 Å². The molecule has 1 aromatic carbocycles. The van der Waals surface area contributed by atoms with Crippen LogP contribution in [0.2, 0.25) is 0 Å². The van der Waals surface area contributed by atoms with E-state index >= 15 is 0 Å². The Morgan fingerprint density at radius 2 is 2.10 bits per heavy atom. The van der Waals surface area contributed by atoms with Gasteiger partial charge in [0.05, 0.1) is 6.54 Å². The first-order chi connectivity index (χ1) is 10.1. The van der Waals surface area contributed by atoms with E-state index in [2.05, 4.69) is 61.4 Å². The quantitative estimate of drug-likeness (QED) is 0.847. The fourth-order valence-corrected chi connectivity index (χ4v) is 2.12. The van der Waals surface area contributed by atoms with Crippen LogP contribution in [0.25, 0.3) is 0 Å². The fourth-order valence-electron chi connectivity index (χ4n) is 2.12. The Hall–Kier alpha value is -1.88. The molecule has 0 atom stereocenters. The summed E-state index contributed by atoms with van der Waals surface area (Å²) in [5, 5.41) is 11.6. The highest BCUT2D eigenvalue weighted by molar-refractivity contribution is 5.56. The molecule has 5 heteroatoms. The van der Waals surface area contributed by atoms with E-state index in [0.717, 1.165) is 18.8 Å². The van der Waals surface area contributed by atoms with E-state index in [1.165, 1.54) is 5.56 Å². The summed E-state index contributed by atoms with van der Waals surface area (Å²) >= 11 is 0. The summed E-state index contributed by atoms with van der Waals surface area (Å²) in [5.74, 6) is 1.23. The smallest absolute Gasteiger partial charge is 0.322 e. The first-order valence-corrected chi connectivity index (χ1v) is 7.47. The van der Waals surface area contributed by atoms with Crippen molar-refractivity contribution in [2.75, 3.05) is 18.0 Å². The minimum atomic E-state index is 0.546. The number of aryl methyl sites for hydroxylation is 1. The predicted octanol–water partition coefficient (Wildman–Crippen LogP) is 3.28. The van der Waals surface area contributed by atoms with Gasteiger partial charge in [0.2, 0.25) is 5.89 Å². The lowest BCUT2D eigenvalue weighted by Crippen LogP contribution is -2.19. The molecule has 0 aliphatic carbocycles. The van der Waals surface area contributed by atoms with E-state index in [1.807, 2.05) is 11.0 Å². The molecule has 0 aliphatic heterocycles. The maximum atomic E-state index is 5.75. The number of nitrogens with zero attached hydrogens (tertiary/aromatic N) is 3. The summed E-state index contributed by atoms with van der Waals surface area (Å²) in [5.41, 5.74) is 2.28. The topological polar surface area (TPSA) is 54.2 Å². The van der Waals surface area contributed by atoms with E-state index in [4.69, 9.17) is 4.42 Å². The van der Waals surface area contributed by atoms with Gasteiger partial charge in [-0.3, -0.25) is 4.90 Å². The molecular formula is C16H24N4O. The molecule has 0 unspecified atom stereocenters. The van der Waals surface area contributed by atoms with Crippen molar-refractivity contribution < 1.29 is 4.42 Å². The molecule has 2 aromatic rings. The van der Waals surface area contributed by atoms with Gasteiger partial charge in [0, 0.05) is 12.2 Å². The zero-order valence-corrected chi connectivity index (χ0v) is 13.3. The van der Waals surface area contributed by atoms with Crippen LogP contribution >= 0.6 is 0 Å². The lowest BCUT2D eigenvalue weighted by atomic mass is 10.2. The number of aromatic nitrogens is 2. The van der Waals surface area contributed by atoms with Crippen LogP contribution in [0, 0.1) is 12.8 Å². The van der Waals surface area contributed by atoms with Crippen molar-refractivity contribution in [2.24, 2.45) is 5.92 Å². The van der Waals surface area contributed by atoms with Gasteiger partial charge in [0.25, 0.3) is 0 Å². The Kier molecular flexibility index (Phi) is 5.33. The van der Waals surface area contributed by atoms with Crippen molar-refractivity contribution in [3.8, 4) is 0 Å². The third-order valence-corrected chi connectivity index (χ3v) is 3.15. The lowest BCUT2D eigenvalue weighted by Gasteiger charge is -2.18. The van der Waals surface area contributed by atoms with Gasteiger partial charge in [-0.25, -0.2) is 0 Å². The molecule has 1 aromatic heterocycles. The highest BCUT2D eigenvalue weighted by Crippen LogP contribution is 2.24. The number of rotatable bonds is 7. The van der Waals surface area contributed by atoms with Crippen LogP contribution in [0.15, 0.2) is 28.7 Å². The minimum Gasteiger partial charge on any atom is -0.406 e. The van der Waals surface area contributed by atoms with Gasteiger partial charge in [0.1, 0.15) is 0 Å². The van der Waals surface area contributed by atoms with E-state index < -0.39 is 0 Å². The molecule has 0 spiro atoms. The second-order valence-corrected chi connectivity index (χ2v) is 5.59. The van der Waals surface area contributed by atoms with Crippen molar-refractivity contribution in [3.05, 3.63) is 35.7 Å². The number of anilines is 2. The Morgan fingerprint density at radius 1 is 1.29 bits per heavy atom. The van der Waals surface area contributed by atoms with Crippen molar-refractivity contribution in [1.82, 2.24) is 15.5 Å². The molecule has 0 saturated carbocycles. The molecule has 21 heavy (non-hydrogen) atoms. The third-order valence-electron chi connectivity index (χ3n) is 3.15. The molecule has 1 N–H and O–H groups in total. The van der Waals surface area contributed by atoms with Crippen LogP contribution in [-0.4, -0.2) is 23.3 Å². The normalized spacial score (nSPS) is 11.1. The van der Waals surface area contributed by atoms with Crippen molar-refractivity contribution in [2.45, 2.75) is 34.2 Å². The average molecular weight is 288 g/mol. The minimum absolute atomic E-state index is 0.546. The van der Waals surface area contributed by atoms with Gasteiger partial charge >= 0.3 is 6.01 Å². The number of hydrogen-bond acceptors (Lipinski definition) is 5. The molecular weight excluding hydrogens is 264 g/mol. The Balaban J connectivity index is 2.07. The van der Waals surface area contributed by atoms with Crippen molar-refractivity contribution in [1.29, 1.82) is 0 Å². The average Bonchev–Trinajstić information content (AvgIpc) is 2.88. The van der Waals surface area contributed by atoms with Gasteiger partial charge in [0.15, 0.2) is 0 Å². The molecule has 0 bridgehead atoms. The largest absolute Gasteiger partial charge is 0.406 e. The molecule has 0 saturated heterocycles. The van der Waals surface area contributed by atoms with Gasteiger partial charge in [-0.15, -0.1) is 5.10 Å². The van der Waals surface area contributed by atoms with Crippen LogP contribution in [0.5, 0.6) is 0 Å². The molecule has 1 heterocycles. The SMILES string of the molecule is CCN(c1cccc(C)c1)c1nnc(CNCC(C)C)o1. The van der Waals surface area contributed by atoms with Crippen LogP contribution in [0.4, 0.5) is 11.7 Å². The maximum absolute atomic E-state index is 5.75. The van der Waals surface area contributed by atoms with Crippen molar-refractivity contribution >= 4 is 11.7 Å². The van der Waals surface area contributed by atoms with E-state index in [1.54, 1.807) is 0 Å². The number of benzene rings is 1. The van der Waals surface area contributed by atoms with Crippen LogP contribution in [-0.2, 0) is 6.54 Å². The summed E-state index contributed by atoms with van der Waals surface area (Å²) < 4.78 is 5.75. The zero-order valence-electron chi connectivity index (χ0n) is 13.3. The Morgan fingerprint density at radius 3 is 2.76 bits per heavy atom. The molecule has 2 rings (SSSR count). The zero-order chi connectivity index (χ0) is 15.2. The van der Waals surface area contributed by atoms with Gasteiger partial charge in [-0.2, -0.15) is 0 Å². The summed E-state index contributed by atoms with van der Waals surface area (Å²) in [7, 11) is 0. The van der Waals surface area contributed by atoms with Crippen molar-refractivity contribution in [3.63, 3.8) is 0 Å². The summed E-state index contributed by atoms with van der Waals surface area (Å²) in [6, 6.07) is 8.83. The second-order valence-electron chi connectivity index (χ2n) is 5.59. The molecule has 5 nitrogen and oxygen atoms in total. The van der Waals surface area contributed by atoms with Gasteiger partial charge in [-0.1, -0.05) is 31.1 Å². The van der Waals surface area contributed by atoms with E-state index in [9.17, 15) is 0 Å². The summed E-state index contributed by atoms with van der Waals surface area (Å²) in [6.07, 6.45) is 0. The number of hydrogen-bond donors (Lipinski definition) is 1. The molecule has 114 valence electrons. The third kappa shape index (κ3) is 4.29. The van der Waals surface area contributed by atoms with Gasteiger partial charge in [-0.05, 0) is 44.0 Å². The highest BCUT2D eigenvalue weighted by Gasteiger charge is 2.14. The molecule has 0 amide bonds.